The van der Waals surface area contributed by atoms with Crippen molar-refractivity contribution in [2.75, 3.05) is 12.9 Å². The SMILES string of the molecule is CCSc1ccc(-c2ncc(-c3ccc(OCc4ncc(C(F)(F)F)cc4F)cc3OC)[nH]2)cn1. The summed E-state index contributed by atoms with van der Waals surface area (Å²) in [6, 6.07) is 9.25. The number of H-pyrrole nitrogens is 1. The van der Waals surface area contributed by atoms with Gasteiger partial charge in [0.2, 0.25) is 0 Å². The maximum atomic E-state index is 14.0. The lowest BCUT2D eigenvalue weighted by Gasteiger charge is -2.12. The molecule has 1 N–H and O–H groups in total. The Bertz CT molecular complexity index is 1310. The molecule has 0 aliphatic heterocycles. The summed E-state index contributed by atoms with van der Waals surface area (Å²) in [7, 11) is 1.49. The first-order valence-corrected chi connectivity index (χ1v) is 11.4. The smallest absolute Gasteiger partial charge is 0.417 e. The van der Waals surface area contributed by atoms with Crippen LogP contribution in [-0.2, 0) is 12.8 Å². The number of ether oxygens (including phenoxy) is 2. The van der Waals surface area contributed by atoms with Crippen molar-refractivity contribution in [1.82, 2.24) is 19.9 Å². The average molecular weight is 505 g/mol. The maximum Gasteiger partial charge on any atom is 0.417 e. The lowest BCUT2D eigenvalue weighted by molar-refractivity contribution is -0.138. The number of methoxy groups -OCH3 is 1. The second kappa shape index (κ2) is 10.3. The molecule has 0 amide bonds. The van der Waals surface area contributed by atoms with Crippen LogP contribution in [0.4, 0.5) is 17.6 Å². The van der Waals surface area contributed by atoms with Crippen molar-refractivity contribution in [3.63, 3.8) is 0 Å². The van der Waals surface area contributed by atoms with Gasteiger partial charge in [0, 0.05) is 29.6 Å². The number of nitrogens with zero attached hydrogens (tertiary/aromatic N) is 3. The van der Waals surface area contributed by atoms with E-state index in [-0.39, 0.29) is 12.3 Å². The van der Waals surface area contributed by atoms with Crippen LogP contribution in [0, 0.1) is 5.82 Å². The van der Waals surface area contributed by atoms with Gasteiger partial charge in [-0.3, -0.25) is 4.98 Å². The Labute approximate surface area is 202 Å². The second-order valence-electron chi connectivity index (χ2n) is 7.26. The summed E-state index contributed by atoms with van der Waals surface area (Å²) in [5.74, 6) is 1.29. The minimum absolute atomic E-state index is 0.240. The Kier molecular flexibility index (Phi) is 7.25. The zero-order chi connectivity index (χ0) is 25.0. The summed E-state index contributed by atoms with van der Waals surface area (Å²) in [4.78, 5) is 15.6. The lowest BCUT2D eigenvalue weighted by Crippen LogP contribution is -2.09. The molecule has 0 fully saturated rings. The van der Waals surface area contributed by atoms with Crippen molar-refractivity contribution in [2.24, 2.45) is 0 Å². The summed E-state index contributed by atoms with van der Waals surface area (Å²) < 4.78 is 63.1. The molecule has 0 aliphatic carbocycles. The zero-order valence-corrected chi connectivity index (χ0v) is 19.5. The highest BCUT2D eigenvalue weighted by Crippen LogP contribution is 2.34. The monoisotopic (exact) mass is 504 g/mol. The van der Waals surface area contributed by atoms with Crippen LogP contribution in [0.5, 0.6) is 11.5 Å². The summed E-state index contributed by atoms with van der Waals surface area (Å²) in [6.45, 7) is 1.71. The molecule has 0 radical (unpaired) electrons. The molecule has 4 rings (SSSR count). The average Bonchev–Trinajstić information content (AvgIpc) is 3.33. The van der Waals surface area contributed by atoms with E-state index < -0.39 is 17.6 Å². The van der Waals surface area contributed by atoms with E-state index in [9.17, 15) is 17.6 Å². The predicted octanol–water partition coefficient (Wildman–Crippen LogP) is 6.39. The van der Waals surface area contributed by atoms with Gasteiger partial charge in [0.25, 0.3) is 0 Å². The van der Waals surface area contributed by atoms with Crippen molar-refractivity contribution < 1.29 is 27.0 Å². The van der Waals surface area contributed by atoms with Crippen molar-refractivity contribution in [3.05, 3.63) is 72.1 Å². The highest BCUT2D eigenvalue weighted by atomic mass is 32.2. The molecule has 6 nitrogen and oxygen atoms in total. The lowest BCUT2D eigenvalue weighted by atomic mass is 10.1. The number of thioether (sulfide) groups is 1. The van der Waals surface area contributed by atoms with Crippen LogP contribution in [0.1, 0.15) is 18.2 Å². The van der Waals surface area contributed by atoms with Gasteiger partial charge in [-0.15, -0.1) is 11.8 Å². The number of nitrogens with one attached hydrogen (secondary N) is 1. The van der Waals surface area contributed by atoms with E-state index in [0.29, 0.717) is 40.8 Å². The van der Waals surface area contributed by atoms with E-state index in [4.69, 9.17) is 9.47 Å². The Morgan fingerprint density at radius 2 is 1.83 bits per heavy atom. The van der Waals surface area contributed by atoms with Crippen LogP contribution < -0.4 is 9.47 Å². The highest BCUT2D eigenvalue weighted by Gasteiger charge is 2.32. The Hall–Kier alpha value is -3.60. The molecule has 3 heterocycles. The van der Waals surface area contributed by atoms with Gasteiger partial charge in [0.15, 0.2) is 0 Å². The van der Waals surface area contributed by atoms with Crippen LogP contribution in [0.2, 0.25) is 0 Å². The molecule has 0 saturated heterocycles. The quantitative estimate of drug-likeness (QED) is 0.221. The number of imidazole rings is 1. The molecule has 3 aromatic heterocycles. The van der Waals surface area contributed by atoms with Gasteiger partial charge < -0.3 is 14.5 Å². The normalized spacial score (nSPS) is 11.5. The molecular formula is C24H20F4N4O2S. The first-order chi connectivity index (χ1) is 16.8. The number of pyridine rings is 2. The third-order valence-electron chi connectivity index (χ3n) is 4.96. The minimum atomic E-state index is -4.67. The summed E-state index contributed by atoms with van der Waals surface area (Å²) in [6.07, 6.45) is -0.669. The number of hydrogen-bond acceptors (Lipinski definition) is 6. The van der Waals surface area contributed by atoms with E-state index in [1.165, 1.54) is 7.11 Å². The molecule has 0 atom stereocenters. The fourth-order valence-corrected chi connectivity index (χ4v) is 3.81. The van der Waals surface area contributed by atoms with Gasteiger partial charge in [-0.2, -0.15) is 13.2 Å². The Morgan fingerprint density at radius 1 is 1.00 bits per heavy atom. The molecule has 4 aromatic rings. The minimum Gasteiger partial charge on any atom is -0.496 e. The summed E-state index contributed by atoms with van der Waals surface area (Å²) >= 11 is 1.65. The number of benzene rings is 1. The molecule has 11 heteroatoms. The van der Waals surface area contributed by atoms with Crippen molar-refractivity contribution in [1.29, 1.82) is 0 Å². The van der Waals surface area contributed by atoms with Gasteiger partial charge in [0.1, 0.15) is 35.4 Å². The molecule has 1 aromatic carbocycles. The Morgan fingerprint density at radius 3 is 2.49 bits per heavy atom. The number of halogens is 4. The van der Waals surface area contributed by atoms with E-state index >= 15 is 0 Å². The fourth-order valence-electron chi connectivity index (χ4n) is 3.22. The molecule has 0 unspecified atom stereocenters. The molecule has 35 heavy (non-hydrogen) atoms. The Balaban J connectivity index is 1.49. The van der Waals surface area contributed by atoms with Crippen molar-refractivity contribution >= 4 is 11.8 Å². The molecule has 0 bridgehead atoms. The van der Waals surface area contributed by atoms with Gasteiger partial charge in [-0.25, -0.2) is 14.4 Å². The number of alkyl halides is 3. The van der Waals surface area contributed by atoms with Crippen LogP contribution in [0.3, 0.4) is 0 Å². The van der Waals surface area contributed by atoms with Gasteiger partial charge in [-0.1, -0.05) is 6.92 Å². The van der Waals surface area contributed by atoms with E-state index in [1.807, 2.05) is 12.1 Å². The topological polar surface area (TPSA) is 72.9 Å². The first-order valence-electron chi connectivity index (χ1n) is 10.5. The predicted molar refractivity (Wildman–Crippen MR) is 124 cm³/mol. The fraction of sp³-hybridized carbons (Fsp3) is 0.208. The van der Waals surface area contributed by atoms with E-state index in [2.05, 4.69) is 26.9 Å². The zero-order valence-electron chi connectivity index (χ0n) is 18.7. The number of hydrogen-bond donors (Lipinski definition) is 1. The van der Waals surface area contributed by atoms with Crippen molar-refractivity contribution in [3.8, 4) is 34.1 Å². The largest absolute Gasteiger partial charge is 0.496 e. The molecule has 182 valence electrons. The van der Waals surface area contributed by atoms with Crippen LogP contribution in [0.25, 0.3) is 22.6 Å². The van der Waals surface area contributed by atoms with E-state index in [1.54, 1.807) is 42.4 Å². The van der Waals surface area contributed by atoms with Crippen molar-refractivity contribution in [2.45, 2.75) is 24.7 Å². The highest BCUT2D eigenvalue weighted by molar-refractivity contribution is 7.99. The molecule has 0 spiro atoms. The number of aromatic nitrogens is 4. The van der Waals surface area contributed by atoms with Gasteiger partial charge in [0.05, 0.1) is 29.6 Å². The van der Waals surface area contributed by atoms with Gasteiger partial charge in [-0.05, 0) is 36.1 Å². The molecular weight excluding hydrogens is 484 g/mol. The third-order valence-corrected chi connectivity index (χ3v) is 5.79. The van der Waals surface area contributed by atoms with E-state index in [0.717, 1.165) is 16.3 Å². The number of aromatic amines is 1. The number of rotatable bonds is 8. The molecule has 0 aliphatic rings. The first kappa shape index (κ1) is 24.5. The van der Waals surface area contributed by atoms with Gasteiger partial charge >= 0.3 is 6.18 Å². The third kappa shape index (κ3) is 5.73. The standard InChI is InChI=1S/C24H20F4N4O2S/c1-3-35-22-7-4-14(10-30-22)23-31-12-19(32-23)17-6-5-16(9-21(17)33-2)34-13-20-18(25)8-15(11-29-20)24(26,27)28/h4-12H,3,13H2,1-2H3,(H,31,32). The van der Waals surface area contributed by atoms with Crippen LogP contribution in [0.15, 0.2) is 60.0 Å². The molecule has 0 saturated carbocycles. The maximum absolute atomic E-state index is 14.0. The van der Waals surface area contributed by atoms with Crippen LogP contribution >= 0.6 is 11.8 Å². The second-order valence-corrected chi connectivity index (χ2v) is 8.55. The summed E-state index contributed by atoms with van der Waals surface area (Å²) in [5, 5.41) is 0.937. The van der Waals surface area contributed by atoms with Crippen LogP contribution in [-0.4, -0.2) is 32.8 Å². The summed E-state index contributed by atoms with van der Waals surface area (Å²) in [5.41, 5.74) is 0.850.